The van der Waals surface area contributed by atoms with Crippen LogP contribution in [0.15, 0.2) is 44.5 Å². The predicted molar refractivity (Wildman–Crippen MR) is 96.4 cm³/mol. The van der Waals surface area contributed by atoms with Gasteiger partial charge in [-0.2, -0.15) is 0 Å². The largest absolute Gasteiger partial charge is 0.356 e. The maximum atomic E-state index is 11.9. The average Bonchev–Trinajstić information content (AvgIpc) is 2.99. The van der Waals surface area contributed by atoms with Crippen molar-refractivity contribution in [3.05, 3.63) is 61.6 Å². The molecular weight excluding hydrogens is 390 g/mol. The summed E-state index contributed by atoms with van der Waals surface area (Å²) in [7, 11) is 0. The number of carbonyl (C=O) groups excluding carboxylic acids is 1. The van der Waals surface area contributed by atoms with Crippen LogP contribution in [-0.2, 0) is 17.8 Å². The lowest BCUT2D eigenvalue weighted by molar-refractivity contribution is -0.121. The molecular formula is C16H16BrN5O3. The zero-order chi connectivity index (χ0) is 17.8. The van der Waals surface area contributed by atoms with Crippen molar-refractivity contribution in [3.63, 3.8) is 0 Å². The van der Waals surface area contributed by atoms with Crippen LogP contribution in [0.4, 0.5) is 0 Å². The summed E-state index contributed by atoms with van der Waals surface area (Å²) in [6.07, 6.45) is 2.10. The monoisotopic (exact) mass is 405 g/mol. The molecule has 0 saturated carbocycles. The summed E-state index contributed by atoms with van der Waals surface area (Å²) >= 11 is 3.06. The van der Waals surface area contributed by atoms with Gasteiger partial charge in [0.1, 0.15) is 5.82 Å². The smallest absolute Gasteiger partial charge is 0.328 e. The first-order valence-electron chi connectivity index (χ1n) is 7.72. The number of imidazole rings is 1. The molecule has 3 aromatic rings. The van der Waals surface area contributed by atoms with Crippen LogP contribution in [-0.4, -0.2) is 32.0 Å². The Bertz CT molecular complexity index is 987. The first kappa shape index (κ1) is 17.2. The maximum absolute atomic E-state index is 11.9. The van der Waals surface area contributed by atoms with Gasteiger partial charge in [-0.3, -0.25) is 19.1 Å². The fraction of sp³-hybridized carbons (Fsp3) is 0.250. The van der Waals surface area contributed by atoms with E-state index in [0.717, 1.165) is 16.9 Å². The normalized spacial score (nSPS) is 10.9. The van der Waals surface area contributed by atoms with Crippen molar-refractivity contribution in [2.75, 3.05) is 6.54 Å². The number of hydrogen-bond donors (Lipinski definition) is 3. The molecule has 0 aliphatic carbocycles. The van der Waals surface area contributed by atoms with E-state index in [-0.39, 0.29) is 23.3 Å². The summed E-state index contributed by atoms with van der Waals surface area (Å²) < 4.78 is 1.53. The average molecular weight is 406 g/mol. The van der Waals surface area contributed by atoms with E-state index >= 15 is 0 Å². The number of fused-ring (bicyclic) bond motifs is 1. The molecule has 0 unspecified atom stereocenters. The van der Waals surface area contributed by atoms with E-state index < -0.39 is 11.2 Å². The molecule has 3 N–H and O–H groups in total. The van der Waals surface area contributed by atoms with Crippen molar-refractivity contribution in [1.82, 2.24) is 24.8 Å². The number of carbonyl (C=O) groups is 1. The van der Waals surface area contributed by atoms with E-state index in [4.69, 9.17) is 0 Å². The molecule has 0 radical (unpaired) electrons. The van der Waals surface area contributed by atoms with Gasteiger partial charge in [-0.25, -0.2) is 9.78 Å². The van der Waals surface area contributed by atoms with Crippen LogP contribution in [0.3, 0.4) is 0 Å². The number of halogens is 1. The Morgan fingerprint density at radius 3 is 2.84 bits per heavy atom. The highest BCUT2D eigenvalue weighted by Gasteiger charge is 2.07. The minimum absolute atomic E-state index is 0.137. The van der Waals surface area contributed by atoms with E-state index in [2.05, 4.69) is 36.2 Å². The summed E-state index contributed by atoms with van der Waals surface area (Å²) in [4.78, 5) is 44.6. The molecule has 2 aromatic heterocycles. The van der Waals surface area contributed by atoms with Crippen LogP contribution < -0.4 is 16.6 Å². The van der Waals surface area contributed by atoms with E-state index in [1.54, 1.807) is 0 Å². The van der Waals surface area contributed by atoms with Gasteiger partial charge in [-0.1, -0.05) is 12.1 Å². The molecule has 0 spiro atoms. The van der Waals surface area contributed by atoms with Crippen molar-refractivity contribution in [1.29, 1.82) is 0 Å². The number of H-pyrrole nitrogens is 2. The van der Waals surface area contributed by atoms with Crippen molar-refractivity contribution in [2.45, 2.75) is 19.4 Å². The Morgan fingerprint density at radius 2 is 2.04 bits per heavy atom. The van der Waals surface area contributed by atoms with Crippen molar-refractivity contribution in [3.8, 4) is 0 Å². The molecule has 25 heavy (non-hydrogen) atoms. The number of benzene rings is 1. The topological polar surface area (TPSA) is 113 Å². The zero-order valence-electron chi connectivity index (χ0n) is 13.2. The Hall–Kier alpha value is -2.68. The van der Waals surface area contributed by atoms with Gasteiger partial charge in [0.25, 0.3) is 5.56 Å². The quantitative estimate of drug-likeness (QED) is 0.565. The second-order valence-corrected chi connectivity index (χ2v) is 6.33. The van der Waals surface area contributed by atoms with Gasteiger partial charge < -0.3 is 10.3 Å². The van der Waals surface area contributed by atoms with Crippen LogP contribution in [0.5, 0.6) is 0 Å². The van der Waals surface area contributed by atoms with Gasteiger partial charge in [0, 0.05) is 32.1 Å². The van der Waals surface area contributed by atoms with Gasteiger partial charge in [-0.05, 0) is 28.1 Å². The van der Waals surface area contributed by atoms with Crippen molar-refractivity contribution < 1.29 is 4.79 Å². The summed E-state index contributed by atoms with van der Waals surface area (Å²) in [5, 5.41) is 2.79. The molecule has 9 heteroatoms. The van der Waals surface area contributed by atoms with E-state index in [1.807, 2.05) is 24.3 Å². The third-order valence-electron chi connectivity index (χ3n) is 3.67. The second-order valence-electron chi connectivity index (χ2n) is 5.48. The summed E-state index contributed by atoms with van der Waals surface area (Å²) in [6.45, 7) is 0.632. The number of para-hydroxylation sites is 2. The number of hydrogen-bond acceptors (Lipinski definition) is 4. The molecule has 0 aliphatic heterocycles. The van der Waals surface area contributed by atoms with Gasteiger partial charge in [0.05, 0.1) is 15.5 Å². The number of aromatic nitrogens is 4. The third-order valence-corrected chi connectivity index (χ3v) is 4.23. The highest BCUT2D eigenvalue weighted by atomic mass is 79.9. The van der Waals surface area contributed by atoms with Crippen LogP contribution >= 0.6 is 15.9 Å². The molecule has 1 amide bonds. The van der Waals surface area contributed by atoms with Gasteiger partial charge in [0.2, 0.25) is 5.91 Å². The maximum Gasteiger partial charge on any atom is 0.328 e. The minimum Gasteiger partial charge on any atom is -0.356 e. The molecule has 0 fully saturated rings. The lowest BCUT2D eigenvalue weighted by Gasteiger charge is -2.06. The number of nitrogens with one attached hydrogen (secondary N) is 3. The number of aromatic amines is 2. The first-order valence-corrected chi connectivity index (χ1v) is 8.52. The van der Waals surface area contributed by atoms with Crippen LogP contribution in [0.1, 0.15) is 12.2 Å². The molecule has 8 nitrogen and oxygen atoms in total. The SMILES string of the molecule is O=C(CCn1cc(Br)c(=O)[nH]c1=O)NCCc1nc2ccccc2[nH]1. The summed E-state index contributed by atoms with van der Waals surface area (Å²) in [5.41, 5.74) is 0.832. The fourth-order valence-electron chi connectivity index (χ4n) is 2.40. The van der Waals surface area contributed by atoms with Crippen molar-refractivity contribution >= 4 is 32.9 Å². The summed E-state index contributed by atoms with van der Waals surface area (Å²) in [6, 6.07) is 7.73. The number of amides is 1. The molecule has 3 rings (SSSR count). The molecule has 0 aliphatic rings. The predicted octanol–water partition coefficient (Wildman–Crippen LogP) is 0.924. The molecule has 0 saturated heterocycles. The number of rotatable bonds is 6. The number of nitrogens with zero attached hydrogens (tertiary/aromatic N) is 2. The van der Waals surface area contributed by atoms with Gasteiger partial charge in [-0.15, -0.1) is 0 Å². The van der Waals surface area contributed by atoms with Gasteiger partial charge in [0.15, 0.2) is 0 Å². The molecule has 1 aromatic carbocycles. The Morgan fingerprint density at radius 1 is 1.24 bits per heavy atom. The summed E-state index contributed by atoms with van der Waals surface area (Å²) in [5.74, 6) is 0.632. The highest BCUT2D eigenvalue weighted by molar-refractivity contribution is 9.10. The van der Waals surface area contributed by atoms with E-state index in [1.165, 1.54) is 10.8 Å². The minimum atomic E-state index is -0.539. The Labute approximate surface area is 150 Å². The zero-order valence-corrected chi connectivity index (χ0v) is 14.8. The van der Waals surface area contributed by atoms with E-state index in [9.17, 15) is 14.4 Å². The molecule has 130 valence electrons. The third kappa shape index (κ3) is 4.24. The first-order chi connectivity index (χ1) is 12.0. The fourth-order valence-corrected chi connectivity index (χ4v) is 2.75. The van der Waals surface area contributed by atoms with E-state index in [0.29, 0.717) is 13.0 Å². The Balaban J connectivity index is 1.49. The van der Waals surface area contributed by atoms with Crippen LogP contribution in [0, 0.1) is 0 Å². The second kappa shape index (κ2) is 7.47. The lowest BCUT2D eigenvalue weighted by Crippen LogP contribution is -2.32. The van der Waals surface area contributed by atoms with Crippen LogP contribution in [0.25, 0.3) is 11.0 Å². The standard InChI is InChI=1S/C16H16BrN5O3/c17-10-9-22(16(25)21-15(10)24)8-6-14(23)18-7-5-13-19-11-3-1-2-4-12(11)20-13/h1-4,9H,5-8H2,(H,18,23)(H,19,20)(H,21,24,25). The van der Waals surface area contributed by atoms with Crippen molar-refractivity contribution in [2.24, 2.45) is 0 Å². The number of aryl methyl sites for hydroxylation is 1. The van der Waals surface area contributed by atoms with Gasteiger partial charge >= 0.3 is 5.69 Å². The highest BCUT2D eigenvalue weighted by Crippen LogP contribution is 2.10. The van der Waals surface area contributed by atoms with Crippen LogP contribution in [0.2, 0.25) is 0 Å². The Kier molecular flexibility index (Phi) is 5.13. The molecule has 0 atom stereocenters. The molecule has 2 heterocycles. The lowest BCUT2D eigenvalue weighted by atomic mass is 10.3. The molecule has 0 bridgehead atoms.